The molecule has 0 saturated carbocycles. The van der Waals surface area contributed by atoms with Crippen molar-refractivity contribution >= 4 is 46.7 Å². The van der Waals surface area contributed by atoms with Crippen molar-refractivity contribution < 1.29 is 23.9 Å². The van der Waals surface area contributed by atoms with E-state index in [1.807, 2.05) is 18.2 Å². The highest BCUT2D eigenvalue weighted by Crippen LogP contribution is 2.36. The average Bonchev–Trinajstić information content (AvgIpc) is 2.68. The van der Waals surface area contributed by atoms with Gasteiger partial charge in [-0.3, -0.25) is 19.2 Å². The van der Waals surface area contributed by atoms with E-state index >= 15 is 0 Å². The Morgan fingerprint density at radius 2 is 1.93 bits per heavy atom. The molecule has 3 rings (SSSR count). The number of Topliss-reactive ketones (excluding diaryl/α,β-unsaturated/α-hetero) is 1. The van der Waals surface area contributed by atoms with Crippen LogP contribution in [0.15, 0.2) is 53.4 Å². The van der Waals surface area contributed by atoms with Gasteiger partial charge in [-0.05, 0) is 38.1 Å². The summed E-state index contributed by atoms with van der Waals surface area (Å²) in [5.41, 5.74) is 1.62. The van der Waals surface area contributed by atoms with E-state index in [-0.39, 0.29) is 18.1 Å². The van der Waals surface area contributed by atoms with Gasteiger partial charge in [0, 0.05) is 16.1 Å². The van der Waals surface area contributed by atoms with Gasteiger partial charge in [-0.2, -0.15) is 0 Å². The fourth-order valence-corrected chi connectivity index (χ4v) is 3.83. The zero-order valence-corrected chi connectivity index (χ0v) is 16.7. The number of ketones is 1. The van der Waals surface area contributed by atoms with Crippen LogP contribution in [-0.2, 0) is 19.1 Å². The Labute approximate surface area is 172 Å². The minimum absolute atomic E-state index is 0.120. The van der Waals surface area contributed by atoms with Crippen LogP contribution in [0.5, 0.6) is 0 Å². The number of carbonyl (C=O) groups is 4. The van der Waals surface area contributed by atoms with Crippen LogP contribution in [0, 0.1) is 0 Å². The van der Waals surface area contributed by atoms with E-state index < -0.39 is 23.2 Å². The second-order valence-electron chi connectivity index (χ2n) is 6.55. The Morgan fingerprint density at radius 3 is 2.69 bits per heavy atom. The summed E-state index contributed by atoms with van der Waals surface area (Å²) < 4.78 is 5.19. The molecule has 1 aliphatic rings. The summed E-state index contributed by atoms with van der Waals surface area (Å²) in [6.07, 6.45) is -1.20. The van der Waals surface area contributed by atoms with Gasteiger partial charge in [-0.25, -0.2) is 0 Å². The van der Waals surface area contributed by atoms with Gasteiger partial charge in [-0.15, -0.1) is 11.8 Å². The molecule has 2 atom stereocenters. The van der Waals surface area contributed by atoms with E-state index in [1.165, 1.54) is 25.6 Å². The zero-order valence-electron chi connectivity index (χ0n) is 15.9. The van der Waals surface area contributed by atoms with Gasteiger partial charge < -0.3 is 15.4 Å². The summed E-state index contributed by atoms with van der Waals surface area (Å²) in [7, 11) is 0. The van der Waals surface area contributed by atoms with Crippen molar-refractivity contribution in [2.45, 2.75) is 36.5 Å². The molecule has 2 N–H and O–H groups in total. The van der Waals surface area contributed by atoms with Crippen LogP contribution in [0.3, 0.4) is 0 Å². The van der Waals surface area contributed by atoms with Crippen molar-refractivity contribution in [3.05, 3.63) is 54.1 Å². The molecule has 0 unspecified atom stereocenters. The number of amides is 2. The van der Waals surface area contributed by atoms with Gasteiger partial charge >= 0.3 is 5.97 Å². The highest BCUT2D eigenvalue weighted by molar-refractivity contribution is 8.01. The minimum Gasteiger partial charge on any atom is -0.452 e. The first kappa shape index (κ1) is 20.6. The van der Waals surface area contributed by atoms with Crippen molar-refractivity contribution in [2.75, 3.05) is 10.6 Å². The van der Waals surface area contributed by atoms with E-state index in [4.69, 9.17) is 4.74 Å². The van der Waals surface area contributed by atoms with Crippen molar-refractivity contribution in [3.63, 3.8) is 0 Å². The minimum atomic E-state index is -1.05. The third kappa shape index (κ3) is 5.23. The molecule has 29 heavy (non-hydrogen) atoms. The Morgan fingerprint density at radius 1 is 1.17 bits per heavy atom. The summed E-state index contributed by atoms with van der Waals surface area (Å²) in [6, 6.07) is 13.8. The molecule has 0 bridgehead atoms. The number of ether oxygens (including phenoxy) is 1. The predicted molar refractivity (Wildman–Crippen MR) is 110 cm³/mol. The monoisotopic (exact) mass is 412 g/mol. The van der Waals surface area contributed by atoms with Crippen LogP contribution in [0.2, 0.25) is 0 Å². The van der Waals surface area contributed by atoms with Crippen molar-refractivity contribution in [2.24, 2.45) is 0 Å². The largest absolute Gasteiger partial charge is 0.452 e. The number of rotatable bonds is 6. The number of carbonyl (C=O) groups excluding carboxylic acids is 4. The molecule has 2 aromatic rings. The standard InChI is InChI=1S/C21H20N2O5S/c1-12(24)14-6-5-7-15(10-14)22-20(26)13(2)28-19(25)11-18-21(27)23-16-8-3-4-9-17(16)29-18/h3-10,13,18H,11H2,1-2H3,(H,22,26)(H,23,27)/t13-,18-/m0/s1. The molecule has 2 amide bonds. The van der Waals surface area contributed by atoms with E-state index in [2.05, 4.69) is 10.6 Å². The van der Waals surface area contributed by atoms with Gasteiger partial charge in [0.15, 0.2) is 11.9 Å². The topological polar surface area (TPSA) is 102 Å². The zero-order chi connectivity index (χ0) is 21.0. The van der Waals surface area contributed by atoms with Gasteiger partial charge in [0.2, 0.25) is 5.91 Å². The van der Waals surface area contributed by atoms with Crippen molar-refractivity contribution in [1.29, 1.82) is 0 Å². The Balaban J connectivity index is 1.55. The maximum atomic E-state index is 12.3. The summed E-state index contributed by atoms with van der Waals surface area (Å²) in [5, 5.41) is 4.75. The molecule has 1 heterocycles. The molecule has 1 aliphatic heterocycles. The molecule has 0 spiro atoms. The third-order valence-corrected chi connectivity index (χ3v) is 5.55. The van der Waals surface area contributed by atoms with Crippen LogP contribution in [0.25, 0.3) is 0 Å². The van der Waals surface area contributed by atoms with Gasteiger partial charge in [-0.1, -0.05) is 24.3 Å². The Bertz CT molecular complexity index is 975. The Kier molecular flexibility index (Phi) is 6.33. The van der Waals surface area contributed by atoms with Crippen LogP contribution < -0.4 is 10.6 Å². The van der Waals surface area contributed by atoms with Crippen molar-refractivity contribution in [1.82, 2.24) is 0 Å². The molecular formula is C21H20N2O5S. The van der Waals surface area contributed by atoms with Gasteiger partial charge in [0.1, 0.15) is 0 Å². The number of nitrogens with one attached hydrogen (secondary N) is 2. The maximum Gasteiger partial charge on any atom is 0.308 e. The average molecular weight is 412 g/mol. The van der Waals surface area contributed by atoms with Gasteiger partial charge in [0.25, 0.3) is 5.91 Å². The second kappa shape index (κ2) is 8.91. The number of benzene rings is 2. The van der Waals surface area contributed by atoms with Crippen LogP contribution in [0.4, 0.5) is 11.4 Å². The maximum absolute atomic E-state index is 12.3. The number of para-hydroxylation sites is 1. The van der Waals surface area contributed by atoms with Crippen LogP contribution >= 0.6 is 11.8 Å². The Hall–Kier alpha value is -3.13. The predicted octanol–water partition coefficient (Wildman–Crippen LogP) is 3.26. The van der Waals surface area contributed by atoms with E-state index in [1.54, 1.807) is 30.3 Å². The fourth-order valence-electron chi connectivity index (χ4n) is 2.74. The molecule has 0 radical (unpaired) electrons. The van der Waals surface area contributed by atoms with Gasteiger partial charge in [0.05, 0.1) is 17.4 Å². The summed E-state index contributed by atoms with van der Waals surface area (Å²) >= 11 is 1.29. The summed E-state index contributed by atoms with van der Waals surface area (Å²) in [5.74, 6) is -1.56. The molecule has 2 aromatic carbocycles. The SMILES string of the molecule is CC(=O)c1cccc(NC(=O)[C@H](C)OC(=O)C[C@@H]2Sc3ccccc3NC2=O)c1. The molecular weight excluding hydrogens is 392 g/mol. The molecule has 8 heteroatoms. The van der Waals surface area contributed by atoms with E-state index in [0.29, 0.717) is 16.9 Å². The quantitative estimate of drug-likeness (QED) is 0.558. The lowest BCUT2D eigenvalue weighted by Crippen LogP contribution is -2.34. The molecule has 150 valence electrons. The molecule has 0 aromatic heterocycles. The highest BCUT2D eigenvalue weighted by Gasteiger charge is 2.30. The van der Waals surface area contributed by atoms with Crippen LogP contribution in [0.1, 0.15) is 30.6 Å². The lowest BCUT2D eigenvalue weighted by Gasteiger charge is -2.23. The lowest BCUT2D eigenvalue weighted by atomic mass is 10.1. The number of esters is 1. The number of hydrogen-bond donors (Lipinski definition) is 2. The smallest absolute Gasteiger partial charge is 0.308 e. The fraction of sp³-hybridized carbons (Fsp3) is 0.238. The number of fused-ring (bicyclic) bond motifs is 1. The number of hydrogen-bond acceptors (Lipinski definition) is 6. The third-order valence-electron chi connectivity index (χ3n) is 4.27. The first-order valence-electron chi connectivity index (χ1n) is 9.01. The van der Waals surface area contributed by atoms with E-state index in [9.17, 15) is 19.2 Å². The highest BCUT2D eigenvalue weighted by atomic mass is 32.2. The first-order valence-corrected chi connectivity index (χ1v) is 9.89. The number of thioether (sulfide) groups is 1. The van der Waals surface area contributed by atoms with Crippen LogP contribution in [-0.4, -0.2) is 34.9 Å². The summed E-state index contributed by atoms with van der Waals surface area (Å²) in [6.45, 7) is 2.88. The molecule has 0 aliphatic carbocycles. The summed E-state index contributed by atoms with van der Waals surface area (Å²) in [4.78, 5) is 49.0. The molecule has 7 nitrogen and oxygen atoms in total. The molecule has 0 fully saturated rings. The van der Waals surface area contributed by atoms with Crippen molar-refractivity contribution in [3.8, 4) is 0 Å². The second-order valence-corrected chi connectivity index (χ2v) is 7.80. The lowest BCUT2D eigenvalue weighted by molar-refractivity contribution is -0.153. The molecule has 0 saturated heterocycles. The first-order chi connectivity index (χ1) is 13.8. The number of anilines is 2. The van der Waals surface area contributed by atoms with E-state index in [0.717, 1.165) is 4.90 Å². The normalized spacial score (nSPS) is 16.2.